The zero-order chi connectivity index (χ0) is 13.2. The first-order valence-electron chi connectivity index (χ1n) is 6.81. The van der Waals surface area contributed by atoms with E-state index in [4.69, 9.17) is 4.74 Å². The number of aliphatic hydroxyl groups excluding tert-OH is 1. The Labute approximate surface area is 113 Å². The smallest absolute Gasteiger partial charge is 0.218 e. The van der Waals surface area contributed by atoms with Gasteiger partial charge in [-0.15, -0.1) is 0 Å². The molecule has 2 fully saturated rings. The summed E-state index contributed by atoms with van der Waals surface area (Å²) in [4.78, 5) is 12.8. The summed E-state index contributed by atoms with van der Waals surface area (Å²) in [6.45, 7) is 3.65. The third-order valence-corrected chi connectivity index (χ3v) is 4.03. The van der Waals surface area contributed by atoms with Crippen molar-refractivity contribution in [1.29, 1.82) is 0 Å². The Bertz CT molecular complexity index is 436. The molecule has 19 heavy (non-hydrogen) atoms. The second-order valence-electron chi connectivity index (χ2n) is 5.20. The molecule has 0 saturated carbocycles. The van der Waals surface area contributed by atoms with E-state index in [-0.39, 0.29) is 12.1 Å². The van der Waals surface area contributed by atoms with Gasteiger partial charge in [-0.2, -0.15) is 0 Å². The summed E-state index contributed by atoms with van der Waals surface area (Å²) in [5.41, 5.74) is 0. The Hall–Kier alpha value is -1.40. The molecule has 3 heterocycles. The number of aromatic nitrogens is 2. The van der Waals surface area contributed by atoms with Crippen LogP contribution in [0.25, 0.3) is 0 Å². The first-order chi connectivity index (χ1) is 9.28. The maximum atomic E-state index is 10.2. The van der Waals surface area contributed by atoms with Crippen molar-refractivity contribution in [1.82, 2.24) is 14.9 Å². The third kappa shape index (κ3) is 2.50. The van der Waals surface area contributed by atoms with Crippen molar-refractivity contribution in [3.8, 4) is 5.88 Å². The lowest BCUT2D eigenvalue weighted by Gasteiger charge is -2.25. The molecule has 1 aromatic rings. The summed E-state index contributed by atoms with van der Waals surface area (Å²) in [5, 5.41) is 10.2. The number of hydrogen-bond donors (Lipinski definition) is 1. The lowest BCUT2D eigenvalue weighted by Crippen LogP contribution is -2.41. The molecule has 2 aliphatic heterocycles. The molecule has 2 aliphatic rings. The van der Waals surface area contributed by atoms with Crippen LogP contribution in [0, 0.1) is 0 Å². The lowest BCUT2D eigenvalue weighted by atomic mass is 10.2. The molecule has 1 N–H and O–H groups in total. The Morgan fingerprint density at radius 3 is 2.79 bits per heavy atom. The molecule has 0 unspecified atom stereocenters. The fraction of sp³-hybridized carbons (Fsp3) is 0.692. The molecule has 0 radical (unpaired) electrons. The van der Waals surface area contributed by atoms with Gasteiger partial charge in [-0.3, -0.25) is 4.90 Å². The Balaban J connectivity index is 1.72. The highest BCUT2D eigenvalue weighted by Gasteiger charge is 2.37. The summed E-state index contributed by atoms with van der Waals surface area (Å²) in [6, 6.07) is 2.04. The molecule has 2 atom stereocenters. The van der Waals surface area contributed by atoms with Crippen molar-refractivity contribution < 1.29 is 9.84 Å². The van der Waals surface area contributed by atoms with E-state index in [0.29, 0.717) is 12.4 Å². The lowest BCUT2D eigenvalue weighted by molar-refractivity contribution is 0.0986. The predicted molar refractivity (Wildman–Crippen MR) is 71.4 cm³/mol. The molecule has 104 valence electrons. The van der Waals surface area contributed by atoms with Gasteiger partial charge in [-0.25, -0.2) is 9.97 Å². The van der Waals surface area contributed by atoms with Crippen LogP contribution in [0.4, 0.5) is 5.82 Å². The monoisotopic (exact) mass is 264 g/mol. The summed E-state index contributed by atoms with van der Waals surface area (Å²) in [5.74, 6) is 1.39. The van der Waals surface area contributed by atoms with Gasteiger partial charge in [0.1, 0.15) is 12.1 Å². The first kappa shape index (κ1) is 12.6. The number of methoxy groups -OCH3 is 1. The Kier molecular flexibility index (Phi) is 3.52. The van der Waals surface area contributed by atoms with Gasteiger partial charge in [-0.05, 0) is 25.9 Å². The Morgan fingerprint density at radius 2 is 2.05 bits per heavy atom. The molecule has 6 heteroatoms. The van der Waals surface area contributed by atoms with E-state index >= 15 is 0 Å². The molecule has 0 aliphatic carbocycles. The van der Waals surface area contributed by atoms with Gasteiger partial charge in [0.2, 0.25) is 5.88 Å². The number of aliphatic hydroxyl groups is 1. The van der Waals surface area contributed by atoms with E-state index < -0.39 is 0 Å². The summed E-state index contributed by atoms with van der Waals surface area (Å²) in [6.07, 6.45) is 3.68. The van der Waals surface area contributed by atoms with Gasteiger partial charge >= 0.3 is 0 Å². The van der Waals surface area contributed by atoms with Gasteiger partial charge in [0.15, 0.2) is 0 Å². The summed E-state index contributed by atoms with van der Waals surface area (Å²) < 4.78 is 5.12. The van der Waals surface area contributed by atoms with E-state index in [1.54, 1.807) is 7.11 Å². The van der Waals surface area contributed by atoms with Gasteiger partial charge in [0.05, 0.1) is 19.3 Å². The van der Waals surface area contributed by atoms with Crippen LogP contribution in [0.5, 0.6) is 5.88 Å². The minimum Gasteiger partial charge on any atom is -0.481 e. The maximum Gasteiger partial charge on any atom is 0.218 e. The number of β-amino-alcohol motifs (C(OH)–C–C–N with tert-alkyl or cyclic N) is 1. The van der Waals surface area contributed by atoms with Gasteiger partial charge in [0, 0.05) is 19.2 Å². The van der Waals surface area contributed by atoms with Gasteiger partial charge in [-0.1, -0.05) is 0 Å². The molecule has 3 rings (SSSR count). The summed E-state index contributed by atoms with van der Waals surface area (Å²) in [7, 11) is 1.60. The average Bonchev–Trinajstić information content (AvgIpc) is 3.07. The van der Waals surface area contributed by atoms with Gasteiger partial charge < -0.3 is 14.7 Å². The van der Waals surface area contributed by atoms with Crippen molar-refractivity contribution in [2.24, 2.45) is 0 Å². The van der Waals surface area contributed by atoms with Crippen LogP contribution in [0.15, 0.2) is 12.4 Å². The molecule has 2 saturated heterocycles. The number of anilines is 1. The van der Waals surface area contributed by atoms with Crippen molar-refractivity contribution in [2.45, 2.75) is 25.0 Å². The van der Waals surface area contributed by atoms with Crippen LogP contribution in [0.3, 0.4) is 0 Å². The quantitative estimate of drug-likeness (QED) is 0.837. The molecule has 6 nitrogen and oxygen atoms in total. The molecular weight excluding hydrogens is 244 g/mol. The van der Waals surface area contributed by atoms with E-state index in [2.05, 4.69) is 19.8 Å². The normalized spacial score (nSPS) is 28.0. The topological polar surface area (TPSA) is 61.7 Å². The average molecular weight is 264 g/mol. The number of hydrogen-bond acceptors (Lipinski definition) is 6. The van der Waals surface area contributed by atoms with Crippen LogP contribution in [-0.4, -0.2) is 65.4 Å². The third-order valence-electron chi connectivity index (χ3n) is 4.03. The highest BCUT2D eigenvalue weighted by molar-refractivity contribution is 5.43. The number of nitrogens with zero attached hydrogens (tertiary/aromatic N) is 4. The second kappa shape index (κ2) is 5.30. The predicted octanol–water partition coefficient (Wildman–Crippen LogP) is 0.130. The number of likely N-dealkylation sites (tertiary alicyclic amines) is 1. The van der Waals surface area contributed by atoms with Crippen molar-refractivity contribution in [2.75, 3.05) is 38.2 Å². The fourth-order valence-corrected chi connectivity index (χ4v) is 3.00. The van der Waals surface area contributed by atoms with Crippen molar-refractivity contribution >= 4 is 5.82 Å². The minimum atomic E-state index is -0.306. The van der Waals surface area contributed by atoms with E-state index in [0.717, 1.165) is 25.5 Å². The zero-order valence-electron chi connectivity index (χ0n) is 11.2. The fourth-order valence-electron chi connectivity index (χ4n) is 3.00. The Morgan fingerprint density at radius 1 is 1.26 bits per heavy atom. The SMILES string of the molecule is COc1cc(N2C[C@H](O)[C@@H](N3CCCC3)C2)ncn1. The van der Waals surface area contributed by atoms with Gasteiger partial charge in [0.25, 0.3) is 0 Å². The zero-order valence-corrected chi connectivity index (χ0v) is 11.2. The summed E-state index contributed by atoms with van der Waals surface area (Å²) >= 11 is 0. The molecular formula is C13H20N4O2. The molecule has 0 aromatic carbocycles. The number of rotatable bonds is 3. The minimum absolute atomic E-state index is 0.225. The second-order valence-corrected chi connectivity index (χ2v) is 5.20. The van der Waals surface area contributed by atoms with Crippen LogP contribution < -0.4 is 9.64 Å². The molecule has 0 amide bonds. The highest BCUT2D eigenvalue weighted by Crippen LogP contribution is 2.25. The van der Waals surface area contributed by atoms with Crippen molar-refractivity contribution in [3.05, 3.63) is 12.4 Å². The van der Waals surface area contributed by atoms with Crippen LogP contribution >= 0.6 is 0 Å². The number of ether oxygens (including phenoxy) is 1. The maximum absolute atomic E-state index is 10.2. The first-order valence-corrected chi connectivity index (χ1v) is 6.81. The largest absolute Gasteiger partial charge is 0.481 e. The molecule has 0 spiro atoms. The van der Waals surface area contributed by atoms with E-state index in [9.17, 15) is 5.11 Å². The van der Waals surface area contributed by atoms with Crippen molar-refractivity contribution in [3.63, 3.8) is 0 Å². The van der Waals surface area contributed by atoms with E-state index in [1.807, 2.05) is 6.07 Å². The molecule has 1 aromatic heterocycles. The molecule has 0 bridgehead atoms. The standard InChI is InChI=1S/C13H20N4O2/c1-19-13-6-12(14-9-15-13)17-7-10(11(18)8-17)16-4-2-3-5-16/h6,9-11,18H,2-5,7-8H2,1H3/t10-,11-/m0/s1. The van der Waals surface area contributed by atoms with Crippen LogP contribution in [0.2, 0.25) is 0 Å². The van der Waals surface area contributed by atoms with Crippen LogP contribution in [0.1, 0.15) is 12.8 Å². The highest BCUT2D eigenvalue weighted by atomic mass is 16.5. The van der Waals surface area contributed by atoms with Crippen LogP contribution in [-0.2, 0) is 0 Å². The van der Waals surface area contributed by atoms with E-state index in [1.165, 1.54) is 19.2 Å².